The first kappa shape index (κ1) is 13.9. The fourth-order valence-corrected chi connectivity index (χ4v) is 2.28. The molecule has 0 spiro atoms. The van der Waals surface area contributed by atoms with Gasteiger partial charge in [-0.1, -0.05) is 24.3 Å². The van der Waals surface area contributed by atoms with E-state index in [0.29, 0.717) is 19.8 Å². The molecule has 0 amide bonds. The lowest BCUT2D eigenvalue weighted by Crippen LogP contribution is -2.24. The molecule has 0 bridgehead atoms. The minimum Gasteiger partial charge on any atom is -0.497 e. The van der Waals surface area contributed by atoms with Crippen molar-refractivity contribution in [3.8, 4) is 5.75 Å². The van der Waals surface area contributed by atoms with Crippen LogP contribution in [0, 0.1) is 0 Å². The van der Waals surface area contributed by atoms with Crippen LogP contribution < -0.4 is 10.1 Å². The Morgan fingerprint density at radius 2 is 1.62 bits per heavy atom. The molecule has 4 nitrogen and oxygen atoms in total. The number of hydrogen-bond donors (Lipinski definition) is 1. The van der Waals surface area contributed by atoms with Crippen LogP contribution in [0.5, 0.6) is 5.75 Å². The van der Waals surface area contributed by atoms with E-state index in [0.717, 1.165) is 11.4 Å². The number of benzene rings is 2. The minimum absolute atomic E-state index is 0.250. The molecule has 21 heavy (non-hydrogen) atoms. The van der Waals surface area contributed by atoms with Gasteiger partial charge in [0.1, 0.15) is 5.75 Å². The summed E-state index contributed by atoms with van der Waals surface area (Å²) < 4.78 is 16.7. The highest BCUT2D eigenvalue weighted by Crippen LogP contribution is 2.19. The van der Waals surface area contributed by atoms with Gasteiger partial charge in [0.05, 0.1) is 26.9 Å². The molecule has 2 aromatic rings. The molecular formula is C17H19NO3. The fourth-order valence-electron chi connectivity index (χ4n) is 2.28. The van der Waals surface area contributed by atoms with E-state index in [-0.39, 0.29) is 6.29 Å². The molecule has 110 valence electrons. The maximum absolute atomic E-state index is 5.79. The summed E-state index contributed by atoms with van der Waals surface area (Å²) in [5.41, 5.74) is 3.42. The van der Waals surface area contributed by atoms with Crippen LogP contribution in [-0.4, -0.2) is 19.9 Å². The molecule has 3 rings (SSSR count). The van der Waals surface area contributed by atoms with Crippen molar-refractivity contribution in [2.24, 2.45) is 0 Å². The molecule has 0 aliphatic carbocycles. The zero-order valence-corrected chi connectivity index (χ0v) is 12.0. The number of nitrogens with one attached hydrogen (secondary N) is 1. The molecule has 0 unspecified atom stereocenters. The number of methoxy groups -OCH3 is 1. The molecule has 1 aliphatic heterocycles. The van der Waals surface area contributed by atoms with E-state index in [1.807, 2.05) is 36.4 Å². The molecule has 2 aromatic carbocycles. The van der Waals surface area contributed by atoms with Crippen molar-refractivity contribution in [3.05, 3.63) is 59.7 Å². The maximum Gasteiger partial charge on any atom is 0.175 e. The van der Waals surface area contributed by atoms with Crippen LogP contribution in [-0.2, 0) is 22.7 Å². The molecule has 0 radical (unpaired) electrons. The van der Waals surface area contributed by atoms with Gasteiger partial charge in [0.15, 0.2) is 6.29 Å². The first-order chi connectivity index (χ1) is 10.3. The zero-order chi connectivity index (χ0) is 14.5. The molecule has 0 fully saturated rings. The molecule has 0 saturated heterocycles. The van der Waals surface area contributed by atoms with Crippen LogP contribution in [0.2, 0.25) is 0 Å². The van der Waals surface area contributed by atoms with Crippen molar-refractivity contribution in [2.75, 3.05) is 19.0 Å². The zero-order valence-electron chi connectivity index (χ0n) is 12.0. The molecule has 0 atom stereocenters. The van der Waals surface area contributed by atoms with E-state index in [1.54, 1.807) is 7.11 Å². The lowest BCUT2D eigenvalue weighted by atomic mass is 10.1. The number of hydrogen-bond acceptors (Lipinski definition) is 4. The van der Waals surface area contributed by atoms with Crippen molar-refractivity contribution in [1.82, 2.24) is 0 Å². The van der Waals surface area contributed by atoms with Gasteiger partial charge in [-0.25, -0.2) is 0 Å². The van der Waals surface area contributed by atoms with Crippen LogP contribution >= 0.6 is 0 Å². The third-order valence-electron chi connectivity index (χ3n) is 3.53. The van der Waals surface area contributed by atoms with Gasteiger partial charge >= 0.3 is 0 Å². The van der Waals surface area contributed by atoms with Crippen LogP contribution in [0.3, 0.4) is 0 Å². The standard InChI is InChI=1S/C17H19NO3/c1-19-16-8-6-15(7-9-16)18-10-17-20-11-13-4-2-3-5-14(13)12-21-17/h2-9,17-18H,10-12H2,1H3. The first-order valence-electron chi connectivity index (χ1n) is 7.03. The van der Waals surface area contributed by atoms with Crippen LogP contribution in [0.4, 0.5) is 5.69 Å². The van der Waals surface area contributed by atoms with E-state index >= 15 is 0 Å². The van der Waals surface area contributed by atoms with Gasteiger partial charge in [0.2, 0.25) is 0 Å². The summed E-state index contributed by atoms with van der Waals surface area (Å²) in [5, 5.41) is 3.31. The summed E-state index contributed by atoms with van der Waals surface area (Å²) in [6.45, 7) is 1.79. The average Bonchev–Trinajstić information content (AvgIpc) is 2.76. The van der Waals surface area contributed by atoms with Gasteiger partial charge < -0.3 is 19.5 Å². The minimum atomic E-state index is -0.250. The van der Waals surface area contributed by atoms with Gasteiger partial charge in [0.25, 0.3) is 0 Å². The SMILES string of the molecule is COc1ccc(NCC2OCc3ccccc3CO2)cc1. The molecule has 4 heteroatoms. The van der Waals surface area contributed by atoms with Crippen molar-refractivity contribution >= 4 is 5.69 Å². The Balaban J connectivity index is 1.54. The van der Waals surface area contributed by atoms with Crippen LogP contribution in [0.25, 0.3) is 0 Å². The summed E-state index contributed by atoms with van der Waals surface area (Å²) >= 11 is 0. The smallest absolute Gasteiger partial charge is 0.175 e. The highest BCUT2D eigenvalue weighted by molar-refractivity contribution is 5.46. The Bertz CT molecular complexity index is 556. The average molecular weight is 285 g/mol. The second-order valence-electron chi connectivity index (χ2n) is 4.93. The largest absolute Gasteiger partial charge is 0.497 e. The summed E-state index contributed by atoms with van der Waals surface area (Å²) in [6.07, 6.45) is -0.250. The van der Waals surface area contributed by atoms with E-state index in [4.69, 9.17) is 14.2 Å². The Kier molecular flexibility index (Phi) is 4.38. The Morgan fingerprint density at radius 1 is 1.00 bits per heavy atom. The van der Waals surface area contributed by atoms with Crippen molar-refractivity contribution < 1.29 is 14.2 Å². The van der Waals surface area contributed by atoms with Gasteiger partial charge in [-0.3, -0.25) is 0 Å². The quantitative estimate of drug-likeness (QED) is 0.936. The number of anilines is 1. The highest BCUT2D eigenvalue weighted by atomic mass is 16.7. The molecule has 1 aliphatic rings. The van der Waals surface area contributed by atoms with Gasteiger partial charge in [0, 0.05) is 5.69 Å². The molecule has 0 saturated carbocycles. The Labute approximate surface area is 124 Å². The Hall–Kier alpha value is -2.04. The lowest BCUT2D eigenvalue weighted by Gasteiger charge is -2.16. The topological polar surface area (TPSA) is 39.7 Å². The van der Waals surface area contributed by atoms with Crippen LogP contribution in [0.15, 0.2) is 48.5 Å². The van der Waals surface area contributed by atoms with Crippen LogP contribution in [0.1, 0.15) is 11.1 Å². The fraction of sp³-hybridized carbons (Fsp3) is 0.294. The summed E-state index contributed by atoms with van der Waals surface area (Å²) in [5.74, 6) is 0.845. The lowest BCUT2D eigenvalue weighted by molar-refractivity contribution is -0.139. The maximum atomic E-state index is 5.79. The van der Waals surface area contributed by atoms with E-state index < -0.39 is 0 Å². The normalized spacial score (nSPS) is 15.1. The second kappa shape index (κ2) is 6.61. The number of fused-ring (bicyclic) bond motifs is 1. The monoisotopic (exact) mass is 285 g/mol. The van der Waals surface area contributed by atoms with Gasteiger partial charge in [-0.05, 0) is 35.4 Å². The van der Waals surface area contributed by atoms with Crippen molar-refractivity contribution in [2.45, 2.75) is 19.5 Å². The van der Waals surface area contributed by atoms with Crippen molar-refractivity contribution in [3.63, 3.8) is 0 Å². The first-order valence-corrected chi connectivity index (χ1v) is 7.03. The van der Waals surface area contributed by atoms with Gasteiger partial charge in [-0.15, -0.1) is 0 Å². The predicted octanol–water partition coefficient (Wildman–Crippen LogP) is 3.18. The molecule has 0 aromatic heterocycles. The summed E-state index contributed by atoms with van der Waals surface area (Å²) in [4.78, 5) is 0. The third-order valence-corrected chi connectivity index (χ3v) is 3.53. The molecule has 1 heterocycles. The number of rotatable bonds is 4. The summed E-state index contributed by atoms with van der Waals surface area (Å²) in [7, 11) is 1.66. The predicted molar refractivity (Wildman–Crippen MR) is 81.3 cm³/mol. The highest BCUT2D eigenvalue weighted by Gasteiger charge is 2.16. The van der Waals surface area contributed by atoms with E-state index in [9.17, 15) is 0 Å². The Morgan fingerprint density at radius 3 is 2.19 bits per heavy atom. The van der Waals surface area contributed by atoms with Crippen molar-refractivity contribution in [1.29, 1.82) is 0 Å². The van der Waals surface area contributed by atoms with Gasteiger partial charge in [-0.2, -0.15) is 0 Å². The third kappa shape index (κ3) is 3.54. The number of ether oxygens (including phenoxy) is 3. The van der Waals surface area contributed by atoms with E-state index in [2.05, 4.69) is 17.4 Å². The molecule has 1 N–H and O–H groups in total. The van der Waals surface area contributed by atoms with E-state index in [1.165, 1.54) is 11.1 Å². The molecular weight excluding hydrogens is 266 g/mol. The second-order valence-corrected chi connectivity index (χ2v) is 4.93. The summed E-state index contributed by atoms with van der Waals surface area (Å²) in [6, 6.07) is 16.0.